The number of hydrogen-bond donors (Lipinski definition) is 1. The Hall–Kier alpha value is -3.41. The number of carbonyl (C=O) groups excluding carboxylic acids is 1. The molecule has 0 saturated carbocycles. The summed E-state index contributed by atoms with van der Waals surface area (Å²) in [5.41, 5.74) is 5.98. The molecule has 1 aliphatic rings. The third-order valence-corrected chi connectivity index (χ3v) is 5.24. The molecule has 1 aliphatic heterocycles. The van der Waals surface area contributed by atoms with Crippen LogP contribution in [0.2, 0.25) is 0 Å². The minimum Gasteiger partial charge on any atom is -0.332 e. The van der Waals surface area contributed by atoms with Gasteiger partial charge >= 0.3 is 0 Å². The standard InChI is InChI=1S/C21H19N5O/c1-25-20(14-6-3-2-4-7-14)16-10-11-26(13-18(16)24-25)21(27)17-9-5-8-15-12-22-23-19(15)17/h2-9,12H,10-11,13H2,1H3,(H,22,23). The second-order valence-corrected chi connectivity index (χ2v) is 6.88. The average molecular weight is 357 g/mol. The van der Waals surface area contributed by atoms with E-state index in [2.05, 4.69) is 22.3 Å². The largest absolute Gasteiger partial charge is 0.332 e. The van der Waals surface area contributed by atoms with Crippen molar-refractivity contribution in [1.29, 1.82) is 0 Å². The van der Waals surface area contributed by atoms with Gasteiger partial charge in [-0.3, -0.25) is 14.6 Å². The van der Waals surface area contributed by atoms with E-state index in [-0.39, 0.29) is 5.91 Å². The molecule has 2 aromatic heterocycles. The molecule has 0 unspecified atom stereocenters. The van der Waals surface area contributed by atoms with Gasteiger partial charge in [-0.2, -0.15) is 10.2 Å². The van der Waals surface area contributed by atoms with Crippen molar-refractivity contribution in [3.63, 3.8) is 0 Å². The Balaban J connectivity index is 1.49. The van der Waals surface area contributed by atoms with Gasteiger partial charge in [0, 0.05) is 30.1 Å². The van der Waals surface area contributed by atoms with E-state index in [4.69, 9.17) is 5.10 Å². The van der Waals surface area contributed by atoms with Crippen LogP contribution in [0.1, 0.15) is 21.6 Å². The quantitative estimate of drug-likeness (QED) is 0.599. The molecule has 0 saturated heterocycles. The van der Waals surface area contributed by atoms with Crippen molar-refractivity contribution in [2.45, 2.75) is 13.0 Å². The van der Waals surface area contributed by atoms with Gasteiger partial charge in [0.05, 0.1) is 35.2 Å². The summed E-state index contributed by atoms with van der Waals surface area (Å²) in [7, 11) is 1.97. The number of aromatic amines is 1. The normalized spacial score (nSPS) is 13.7. The van der Waals surface area contributed by atoms with E-state index >= 15 is 0 Å². The second kappa shape index (κ2) is 6.09. The fraction of sp³-hybridized carbons (Fsp3) is 0.190. The first-order valence-corrected chi connectivity index (χ1v) is 9.04. The van der Waals surface area contributed by atoms with E-state index in [1.165, 1.54) is 5.56 Å². The summed E-state index contributed by atoms with van der Waals surface area (Å²) in [5.74, 6) is 0.0161. The maximum absolute atomic E-state index is 13.1. The number of carbonyl (C=O) groups is 1. The number of fused-ring (bicyclic) bond motifs is 2. The van der Waals surface area contributed by atoms with Gasteiger partial charge in [0.1, 0.15) is 0 Å². The molecule has 6 nitrogen and oxygen atoms in total. The fourth-order valence-corrected chi connectivity index (χ4v) is 3.97. The highest BCUT2D eigenvalue weighted by Crippen LogP contribution is 2.30. The monoisotopic (exact) mass is 357 g/mol. The number of rotatable bonds is 2. The zero-order valence-electron chi connectivity index (χ0n) is 15.0. The topological polar surface area (TPSA) is 66.8 Å². The Morgan fingerprint density at radius 3 is 2.81 bits per heavy atom. The van der Waals surface area contributed by atoms with Gasteiger partial charge in [0.15, 0.2) is 0 Å². The molecule has 0 atom stereocenters. The summed E-state index contributed by atoms with van der Waals surface area (Å²) in [6, 6.07) is 16.0. The summed E-state index contributed by atoms with van der Waals surface area (Å²) in [5, 5.41) is 12.7. The van der Waals surface area contributed by atoms with E-state index in [1.54, 1.807) is 6.20 Å². The predicted octanol–water partition coefficient (Wildman–Crippen LogP) is 3.16. The van der Waals surface area contributed by atoms with Crippen LogP contribution >= 0.6 is 0 Å². The summed E-state index contributed by atoms with van der Waals surface area (Å²) in [4.78, 5) is 15.0. The molecule has 6 heteroatoms. The number of amides is 1. The molecule has 2 aromatic carbocycles. The van der Waals surface area contributed by atoms with Gasteiger partial charge in [0.2, 0.25) is 0 Å². The van der Waals surface area contributed by atoms with Crippen LogP contribution in [0.15, 0.2) is 54.7 Å². The van der Waals surface area contributed by atoms with Crippen LogP contribution in [0.5, 0.6) is 0 Å². The lowest BCUT2D eigenvalue weighted by atomic mass is 9.99. The highest BCUT2D eigenvalue weighted by atomic mass is 16.2. The zero-order chi connectivity index (χ0) is 18.4. The number of hydrogen-bond acceptors (Lipinski definition) is 3. The van der Waals surface area contributed by atoms with Gasteiger partial charge < -0.3 is 4.90 Å². The molecule has 3 heterocycles. The number of para-hydroxylation sites is 1. The van der Waals surface area contributed by atoms with Crippen LogP contribution in [-0.2, 0) is 20.0 Å². The lowest BCUT2D eigenvalue weighted by Crippen LogP contribution is -2.36. The van der Waals surface area contributed by atoms with Crippen molar-refractivity contribution in [2.75, 3.05) is 6.54 Å². The summed E-state index contributed by atoms with van der Waals surface area (Å²) in [6.07, 6.45) is 2.55. The first kappa shape index (κ1) is 15.8. The molecule has 0 radical (unpaired) electrons. The number of nitrogens with zero attached hydrogens (tertiary/aromatic N) is 4. The van der Waals surface area contributed by atoms with Crippen LogP contribution in [0.3, 0.4) is 0 Å². The summed E-state index contributed by atoms with van der Waals surface area (Å²) < 4.78 is 1.93. The lowest BCUT2D eigenvalue weighted by molar-refractivity contribution is 0.0734. The Morgan fingerprint density at radius 1 is 1.11 bits per heavy atom. The van der Waals surface area contributed by atoms with Crippen molar-refractivity contribution in [2.24, 2.45) is 7.05 Å². The van der Waals surface area contributed by atoms with Crippen LogP contribution < -0.4 is 0 Å². The van der Waals surface area contributed by atoms with Gasteiger partial charge in [-0.25, -0.2) is 0 Å². The number of nitrogens with one attached hydrogen (secondary N) is 1. The van der Waals surface area contributed by atoms with Crippen LogP contribution in [-0.4, -0.2) is 37.3 Å². The van der Waals surface area contributed by atoms with Gasteiger partial charge in [-0.15, -0.1) is 0 Å². The molecule has 5 rings (SSSR count). The third-order valence-electron chi connectivity index (χ3n) is 5.24. The van der Waals surface area contributed by atoms with Crippen LogP contribution in [0.25, 0.3) is 22.2 Å². The number of H-pyrrole nitrogens is 1. The maximum atomic E-state index is 13.1. The lowest BCUT2D eigenvalue weighted by Gasteiger charge is -2.27. The molecule has 4 aromatic rings. The average Bonchev–Trinajstić information content (AvgIpc) is 3.30. The molecule has 0 aliphatic carbocycles. The number of benzene rings is 2. The number of aryl methyl sites for hydroxylation is 1. The van der Waals surface area contributed by atoms with Crippen molar-refractivity contribution in [3.05, 3.63) is 71.5 Å². The first-order chi connectivity index (χ1) is 13.2. The van der Waals surface area contributed by atoms with E-state index in [1.807, 2.05) is 53.0 Å². The highest BCUT2D eigenvalue weighted by Gasteiger charge is 2.28. The maximum Gasteiger partial charge on any atom is 0.256 e. The molecule has 27 heavy (non-hydrogen) atoms. The Morgan fingerprint density at radius 2 is 1.96 bits per heavy atom. The molecule has 0 bridgehead atoms. The minimum absolute atomic E-state index is 0.0161. The molecule has 134 valence electrons. The van der Waals surface area contributed by atoms with Crippen molar-refractivity contribution >= 4 is 16.8 Å². The third kappa shape index (κ3) is 2.52. The van der Waals surface area contributed by atoms with E-state index in [0.29, 0.717) is 18.7 Å². The SMILES string of the molecule is Cn1nc2c(c1-c1ccccc1)CCN(C(=O)c1cccc3cn[nH]c13)C2. The molecule has 0 spiro atoms. The minimum atomic E-state index is 0.0161. The fourth-order valence-electron chi connectivity index (χ4n) is 3.97. The van der Waals surface area contributed by atoms with Crippen molar-refractivity contribution in [1.82, 2.24) is 24.9 Å². The van der Waals surface area contributed by atoms with Crippen molar-refractivity contribution in [3.8, 4) is 11.3 Å². The Labute approximate surface area is 156 Å². The second-order valence-electron chi connectivity index (χ2n) is 6.88. The Kier molecular flexibility index (Phi) is 3.57. The first-order valence-electron chi connectivity index (χ1n) is 9.04. The van der Waals surface area contributed by atoms with Gasteiger partial charge in [0.25, 0.3) is 5.91 Å². The summed E-state index contributed by atoms with van der Waals surface area (Å²) in [6.45, 7) is 1.21. The van der Waals surface area contributed by atoms with Gasteiger partial charge in [-0.05, 0) is 12.5 Å². The van der Waals surface area contributed by atoms with E-state index in [0.717, 1.165) is 34.3 Å². The van der Waals surface area contributed by atoms with Crippen LogP contribution in [0.4, 0.5) is 0 Å². The van der Waals surface area contributed by atoms with Crippen molar-refractivity contribution < 1.29 is 4.79 Å². The highest BCUT2D eigenvalue weighted by molar-refractivity contribution is 6.05. The molecule has 0 fully saturated rings. The zero-order valence-corrected chi connectivity index (χ0v) is 15.0. The molecule has 1 N–H and O–H groups in total. The van der Waals surface area contributed by atoms with E-state index < -0.39 is 0 Å². The molecule has 1 amide bonds. The molecular formula is C21H19N5O. The number of aromatic nitrogens is 4. The van der Waals surface area contributed by atoms with Crippen LogP contribution in [0, 0.1) is 0 Å². The van der Waals surface area contributed by atoms with E-state index in [9.17, 15) is 4.79 Å². The molecular weight excluding hydrogens is 338 g/mol. The van der Waals surface area contributed by atoms with Gasteiger partial charge in [-0.1, -0.05) is 42.5 Å². The summed E-state index contributed by atoms with van der Waals surface area (Å²) >= 11 is 0. The smallest absolute Gasteiger partial charge is 0.256 e. The predicted molar refractivity (Wildman–Crippen MR) is 103 cm³/mol. The Bertz CT molecular complexity index is 1140.